The van der Waals surface area contributed by atoms with Crippen molar-refractivity contribution < 1.29 is 23.7 Å². The molecule has 0 N–H and O–H groups in total. The number of esters is 1. The van der Waals surface area contributed by atoms with E-state index in [1.807, 2.05) is 20.8 Å². The third-order valence-electron chi connectivity index (χ3n) is 2.25. The van der Waals surface area contributed by atoms with Crippen molar-refractivity contribution >= 4 is 5.97 Å². The summed E-state index contributed by atoms with van der Waals surface area (Å²) in [7, 11) is 0. The molecule has 112 valence electrons. The highest BCUT2D eigenvalue weighted by atomic mass is 16.6. The van der Waals surface area contributed by atoms with Gasteiger partial charge in [-0.25, -0.2) is 0 Å². The van der Waals surface area contributed by atoms with Crippen LogP contribution >= 0.6 is 0 Å². The molecule has 0 amide bonds. The van der Waals surface area contributed by atoms with Crippen LogP contribution in [0.5, 0.6) is 0 Å². The Morgan fingerprint density at radius 3 is 1.95 bits per heavy atom. The molecule has 0 saturated carbocycles. The van der Waals surface area contributed by atoms with Crippen LogP contribution in [-0.4, -0.2) is 50.7 Å². The van der Waals surface area contributed by atoms with Gasteiger partial charge in [0, 0.05) is 6.92 Å². The lowest BCUT2D eigenvalue weighted by atomic mass is 10.4. The highest BCUT2D eigenvalue weighted by molar-refractivity contribution is 5.65. The first-order valence-electron chi connectivity index (χ1n) is 6.54. The van der Waals surface area contributed by atoms with Gasteiger partial charge in [-0.3, -0.25) is 4.79 Å². The minimum absolute atomic E-state index is 0.0268. The summed E-state index contributed by atoms with van der Waals surface area (Å²) < 4.78 is 21.3. The first-order valence-corrected chi connectivity index (χ1v) is 6.54. The standard InChI is InChI=1S/C14H26O5/c1-6-7-16-11(2)8-17-12(3)9-18-13(4)10-19-14(5)15/h6,11-13H,1,7-10H2,2-5H3. The van der Waals surface area contributed by atoms with Crippen LogP contribution in [0.4, 0.5) is 0 Å². The van der Waals surface area contributed by atoms with Gasteiger partial charge in [-0.1, -0.05) is 6.08 Å². The predicted octanol–water partition coefficient (Wildman–Crippen LogP) is 1.95. The summed E-state index contributed by atoms with van der Waals surface area (Å²) in [5.41, 5.74) is 0. The number of hydrogen-bond acceptors (Lipinski definition) is 5. The van der Waals surface area contributed by atoms with Gasteiger partial charge in [-0.15, -0.1) is 6.58 Å². The zero-order valence-corrected chi connectivity index (χ0v) is 12.4. The van der Waals surface area contributed by atoms with E-state index < -0.39 is 0 Å². The highest BCUT2D eigenvalue weighted by Gasteiger charge is 2.10. The van der Waals surface area contributed by atoms with Crippen LogP contribution in [0.2, 0.25) is 0 Å². The van der Waals surface area contributed by atoms with Gasteiger partial charge in [-0.2, -0.15) is 0 Å². The highest BCUT2D eigenvalue weighted by Crippen LogP contribution is 2.00. The fraction of sp³-hybridized carbons (Fsp3) is 0.786. The molecule has 5 nitrogen and oxygen atoms in total. The number of carbonyl (C=O) groups is 1. The van der Waals surface area contributed by atoms with Gasteiger partial charge < -0.3 is 18.9 Å². The van der Waals surface area contributed by atoms with Crippen LogP contribution in [0.15, 0.2) is 12.7 Å². The maximum Gasteiger partial charge on any atom is 0.302 e. The Kier molecular flexibility index (Phi) is 10.4. The van der Waals surface area contributed by atoms with Crippen LogP contribution in [0, 0.1) is 0 Å². The lowest BCUT2D eigenvalue weighted by molar-refractivity contribution is -0.146. The SMILES string of the molecule is C=CCOC(C)COC(C)COC(C)COC(C)=O. The van der Waals surface area contributed by atoms with E-state index in [-0.39, 0.29) is 30.9 Å². The smallest absolute Gasteiger partial charge is 0.302 e. The van der Waals surface area contributed by atoms with E-state index in [2.05, 4.69) is 6.58 Å². The van der Waals surface area contributed by atoms with Crippen LogP contribution in [0.3, 0.4) is 0 Å². The molecule has 0 aliphatic rings. The second-order valence-electron chi connectivity index (χ2n) is 4.52. The average Bonchev–Trinajstić information content (AvgIpc) is 2.37. The minimum Gasteiger partial charge on any atom is -0.463 e. The van der Waals surface area contributed by atoms with E-state index in [1.54, 1.807) is 6.08 Å². The molecule has 0 aromatic heterocycles. The summed E-state index contributed by atoms with van der Waals surface area (Å²) in [5, 5.41) is 0. The van der Waals surface area contributed by atoms with Crippen molar-refractivity contribution in [3.05, 3.63) is 12.7 Å². The molecule has 0 heterocycles. The molecule has 0 aromatic carbocycles. The first kappa shape index (κ1) is 18.1. The lowest BCUT2D eigenvalue weighted by Gasteiger charge is -2.19. The Hall–Kier alpha value is -0.910. The Bertz CT molecular complexity index is 254. The van der Waals surface area contributed by atoms with Crippen molar-refractivity contribution in [2.45, 2.75) is 46.0 Å². The first-order chi connectivity index (χ1) is 8.95. The number of ether oxygens (including phenoxy) is 4. The van der Waals surface area contributed by atoms with Gasteiger partial charge in [-0.05, 0) is 20.8 Å². The fourth-order valence-electron chi connectivity index (χ4n) is 1.21. The molecule has 0 aromatic rings. The summed E-state index contributed by atoms with van der Waals surface area (Å²) in [4.78, 5) is 10.6. The zero-order valence-electron chi connectivity index (χ0n) is 12.4. The van der Waals surface area contributed by atoms with Gasteiger partial charge in [0.1, 0.15) is 6.61 Å². The topological polar surface area (TPSA) is 54.0 Å². The van der Waals surface area contributed by atoms with Crippen molar-refractivity contribution in [1.29, 1.82) is 0 Å². The quantitative estimate of drug-likeness (QED) is 0.426. The van der Waals surface area contributed by atoms with E-state index in [4.69, 9.17) is 18.9 Å². The Morgan fingerprint density at radius 2 is 1.47 bits per heavy atom. The fourth-order valence-corrected chi connectivity index (χ4v) is 1.21. The Labute approximate surface area is 115 Å². The summed E-state index contributed by atoms with van der Waals surface area (Å²) in [5.74, 6) is -0.298. The summed E-state index contributed by atoms with van der Waals surface area (Å²) in [6.45, 7) is 12.4. The van der Waals surface area contributed by atoms with E-state index in [0.29, 0.717) is 19.8 Å². The van der Waals surface area contributed by atoms with Gasteiger partial charge in [0.2, 0.25) is 0 Å². The van der Waals surface area contributed by atoms with Gasteiger partial charge in [0.05, 0.1) is 38.1 Å². The Balaban J connectivity index is 3.59. The van der Waals surface area contributed by atoms with Gasteiger partial charge >= 0.3 is 5.97 Å². The molecule has 3 atom stereocenters. The number of rotatable bonds is 11. The third kappa shape index (κ3) is 11.9. The molecule has 0 aliphatic carbocycles. The molecule has 5 heteroatoms. The molecule has 0 radical (unpaired) electrons. The summed E-state index contributed by atoms with van der Waals surface area (Å²) >= 11 is 0. The zero-order chi connectivity index (χ0) is 14.7. The maximum absolute atomic E-state index is 10.6. The molecule has 0 spiro atoms. The van der Waals surface area contributed by atoms with Gasteiger partial charge in [0.25, 0.3) is 0 Å². The van der Waals surface area contributed by atoms with E-state index in [0.717, 1.165) is 0 Å². The van der Waals surface area contributed by atoms with Crippen LogP contribution in [0.1, 0.15) is 27.7 Å². The van der Waals surface area contributed by atoms with Crippen molar-refractivity contribution in [2.24, 2.45) is 0 Å². The molecule has 19 heavy (non-hydrogen) atoms. The van der Waals surface area contributed by atoms with E-state index >= 15 is 0 Å². The van der Waals surface area contributed by atoms with Crippen LogP contribution in [-0.2, 0) is 23.7 Å². The van der Waals surface area contributed by atoms with E-state index in [1.165, 1.54) is 6.92 Å². The minimum atomic E-state index is -0.298. The average molecular weight is 274 g/mol. The number of carbonyl (C=O) groups excluding carboxylic acids is 1. The Morgan fingerprint density at radius 1 is 1.00 bits per heavy atom. The molecule has 0 saturated heterocycles. The summed E-state index contributed by atoms with van der Waals surface area (Å²) in [6.07, 6.45) is 1.57. The van der Waals surface area contributed by atoms with Crippen molar-refractivity contribution in [2.75, 3.05) is 26.4 Å². The van der Waals surface area contributed by atoms with Crippen molar-refractivity contribution in [3.63, 3.8) is 0 Å². The number of hydrogen-bond donors (Lipinski definition) is 0. The second kappa shape index (κ2) is 11.0. The summed E-state index contributed by atoms with van der Waals surface area (Å²) in [6, 6.07) is 0. The van der Waals surface area contributed by atoms with Crippen LogP contribution in [0.25, 0.3) is 0 Å². The largest absolute Gasteiger partial charge is 0.463 e. The van der Waals surface area contributed by atoms with Gasteiger partial charge in [0.15, 0.2) is 0 Å². The van der Waals surface area contributed by atoms with E-state index in [9.17, 15) is 4.79 Å². The maximum atomic E-state index is 10.6. The molecule has 3 unspecified atom stereocenters. The van der Waals surface area contributed by atoms with Crippen molar-refractivity contribution in [1.82, 2.24) is 0 Å². The van der Waals surface area contributed by atoms with Crippen LogP contribution < -0.4 is 0 Å². The lowest BCUT2D eigenvalue weighted by Crippen LogP contribution is -2.27. The predicted molar refractivity (Wildman–Crippen MR) is 73.1 cm³/mol. The molecule has 0 fully saturated rings. The molecular formula is C14H26O5. The molecule has 0 bridgehead atoms. The second-order valence-corrected chi connectivity index (χ2v) is 4.52. The monoisotopic (exact) mass is 274 g/mol. The molecular weight excluding hydrogens is 248 g/mol. The van der Waals surface area contributed by atoms with Crippen molar-refractivity contribution in [3.8, 4) is 0 Å². The third-order valence-corrected chi connectivity index (χ3v) is 2.25. The molecule has 0 rings (SSSR count). The normalized spacial score (nSPS) is 15.6. The molecule has 0 aliphatic heterocycles.